The number of hydrogen-bond donors (Lipinski definition) is 1. The Morgan fingerprint density at radius 1 is 0.944 bits per heavy atom. The minimum atomic E-state index is -0.486. The first kappa shape index (κ1) is 13.2. The maximum absolute atomic E-state index is 9.40. The first-order valence-electron chi connectivity index (χ1n) is 5.46. The van der Waals surface area contributed by atoms with Gasteiger partial charge in [0.2, 0.25) is 0 Å². The molecule has 0 amide bonds. The standard InChI is InChI=1S/C14H12Cl2O2/c1-9(17)10-2-4-13(5-3-10)18-14-7-11(15)6-12(16)8-14/h2-9,17H,1H3. The molecule has 94 valence electrons. The van der Waals surface area contributed by atoms with E-state index in [9.17, 15) is 5.11 Å². The second-order valence-corrected chi connectivity index (χ2v) is 4.83. The number of halogens is 2. The summed E-state index contributed by atoms with van der Waals surface area (Å²) >= 11 is 11.8. The van der Waals surface area contributed by atoms with Crippen molar-refractivity contribution in [1.29, 1.82) is 0 Å². The van der Waals surface area contributed by atoms with E-state index in [4.69, 9.17) is 27.9 Å². The van der Waals surface area contributed by atoms with Crippen LogP contribution < -0.4 is 4.74 Å². The Hall–Kier alpha value is -1.22. The lowest BCUT2D eigenvalue weighted by Gasteiger charge is -2.08. The number of hydrogen-bond acceptors (Lipinski definition) is 2. The van der Waals surface area contributed by atoms with Gasteiger partial charge in [-0.3, -0.25) is 0 Å². The molecule has 2 aromatic rings. The normalized spacial score (nSPS) is 12.2. The summed E-state index contributed by atoms with van der Waals surface area (Å²) in [6.45, 7) is 1.71. The van der Waals surface area contributed by atoms with Crippen molar-refractivity contribution < 1.29 is 9.84 Å². The van der Waals surface area contributed by atoms with Crippen molar-refractivity contribution in [1.82, 2.24) is 0 Å². The van der Waals surface area contributed by atoms with Crippen LogP contribution in [-0.4, -0.2) is 5.11 Å². The van der Waals surface area contributed by atoms with Crippen LogP contribution in [0.3, 0.4) is 0 Å². The van der Waals surface area contributed by atoms with Gasteiger partial charge >= 0.3 is 0 Å². The zero-order valence-corrected chi connectivity index (χ0v) is 11.2. The molecule has 0 bridgehead atoms. The molecule has 1 atom stereocenters. The SMILES string of the molecule is CC(O)c1ccc(Oc2cc(Cl)cc(Cl)c2)cc1. The minimum absolute atomic E-state index is 0.486. The van der Waals surface area contributed by atoms with Crippen molar-refractivity contribution in [2.75, 3.05) is 0 Å². The van der Waals surface area contributed by atoms with E-state index in [0.717, 1.165) is 5.56 Å². The summed E-state index contributed by atoms with van der Waals surface area (Å²) in [5, 5.41) is 10.5. The highest BCUT2D eigenvalue weighted by Gasteiger charge is 2.03. The zero-order chi connectivity index (χ0) is 13.1. The summed E-state index contributed by atoms with van der Waals surface area (Å²) < 4.78 is 5.62. The van der Waals surface area contributed by atoms with Crippen molar-refractivity contribution in [3.8, 4) is 11.5 Å². The average molecular weight is 283 g/mol. The number of rotatable bonds is 3. The fourth-order valence-corrected chi connectivity index (χ4v) is 2.04. The predicted molar refractivity (Wildman–Crippen MR) is 73.6 cm³/mol. The Labute approximate surface area is 116 Å². The molecule has 0 heterocycles. The molecule has 0 aliphatic heterocycles. The van der Waals surface area contributed by atoms with Gasteiger partial charge in [-0.15, -0.1) is 0 Å². The highest BCUT2D eigenvalue weighted by atomic mass is 35.5. The van der Waals surface area contributed by atoms with Gasteiger partial charge in [-0.25, -0.2) is 0 Å². The van der Waals surface area contributed by atoms with Crippen LogP contribution in [0, 0.1) is 0 Å². The van der Waals surface area contributed by atoms with Gasteiger partial charge in [-0.2, -0.15) is 0 Å². The maximum Gasteiger partial charge on any atom is 0.130 e. The molecule has 0 aliphatic rings. The fourth-order valence-electron chi connectivity index (χ4n) is 1.54. The third-order valence-electron chi connectivity index (χ3n) is 2.43. The maximum atomic E-state index is 9.40. The molecule has 4 heteroatoms. The molecule has 1 N–H and O–H groups in total. The van der Waals surface area contributed by atoms with Crippen LogP contribution in [0.4, 0.5) is 0 Å². The molecule has 0 saturated carbocycles. The highest BCUT2D eigenvalue weighted by molar-refractivity contribution is 6.34. The summed E-state index contributed by atoms with van der Waals surface area (Å²) in [5.74, 6) is 1.25. The largest absolute Gasteiger partial charge is 0.457 e. The first-order valence-corrected chi connectivity index (χ1v) is 6.22. The van der Waals surface area contributed by atoms with Crippen molar-refractivity contribution in [2.24, 2.45) is 0 Å². The van der Waals surface area contributed by atoms with E-state index < -0.39 is 6.10 Å². The molecular formula is C14H12Cl2O2. The second-order valence-electron chi connectivity index (χ2n) is 3.95. The molecule has 2 aromatic carbocycles. The van der Waals surface area contributed by atoms with Crippen molar-refractivity contribution in [3.05, 3.63) is 58.1 Å². The van der Waals surface area contributed by atoms with E-state index in [-0.39, 0.29) is 0 Å². The monoisotopic (exact) mass is 282 g/mol. The topological polar surface area (TPSA) is 29.5 Å². The number of aliphatic hydroxyl groups excluding tert-OH is 1. The van der Waals surface area contributed by atoms with Gasteiger partial charge in [0.25, 0.3) is 0 Å². The lowest BCUT2D eigenvalue weighted by molar-refractivity contribution is 0.199. The van der Waals surface area contributed by atoms with Crippen LogP contribution in [0.1, 0.15) is 18.6 Å². The van der Waals surface area contributed by atoms with Gasteiger partial charge in [0.15, 0.2) is 0 Å². The van der Waals surface area contributed by atoms with E-state index in [1.54, 1.807) is 37.3 Å². The Morgan fingerprint density at radius 2 is 1.50 bits per heavy atom. The summed E-state index contributed by atoms with van der Waals surface area (Å²) in [7, 11) is 0. The Balaban J connectivity index is 2.18. The second kappa shape index (κ2) is 5.61. The molecule has 0 spiro atoms. The third kappa shape index (κ3) is 3.39. The van der Waals surface area contributed by atoms with Crippen molar-refractivity contribution in [3.63, 3.8) is 0 Å². The Morgan fingerprint density at radius 3 is 2.00 bits per heavy atom. The van der Waals surface area contributed by atoms with Gasteiger partial charge in [-0.05, 0) is 42.8 Å². The minimum Gasteiger partial charge on any atom is -0.457 e. The quantitative estimate of drug-likeness (QED) is 0.873. The third-order valence-corrected chi connectivity index (χ3v) is 2.87. The molecule has 0 radical (unpaired) electrons. The van der Waals surface area contributed by atoms with Gasteiger partial charge in [0, 0.05) is 10.0 Å². The average Bonchev–Trinajstić information content (AvgIpc) is 2.28. The molecule has 0 aliphatic carbocycles. The lowest BCUT2D eigenvalue weighted by atomic mass is 10.1. The van der Waals surface area contributed by atoms with Crippen LogP contribution in [0.5, 0.6) is 11.5 Å². The summed E-state index contributed by atoms with van der Waals surface area (Å²) in [6, 6.07) is 12.2. The summed E-state index contributed by atoms with van der Waals surface area (Å²) in [6.07, 6.45) is -0.486. The first-order chi connectivity index (χ1) is 8.54. The van der Waals surface area contributed by atoms with Crippen LogP contribution in [0.15, 0.2) is 42.5 Å². The Kier molecular flexibility index (Phi) is 4.12. The van der Waals surface area contributed by atoms with E-state index in [2.05, 4.69) is 0 Å². The molecule has 0 fully saturated rings. The van der Waals surface area contributed by atoms with Crippen LogP contribution >= 0.6 is 23.2 Å². The van der Waals surface area contributed by atoms with Gasteiger partial charge in [-0.1, -0.05) is 35.3 Å². The van der Waals surface area contributed by atoms with E-state index >= 15 is 0 Å². The van der Waals surface area contributed by atoms with Gasteiger partial charge in [0.05, 0.1) is 6.10 Å². The van der Waals surface area contributed by atoms with Crippen LogP contribution in [-0.2, 0) is 0 Å². The Bertz CT molecular complexity index is 516. The number of benzene rings is 2. The molecular weight excluding hydrogens is 271 g/mol. The highest BCUT2D eigenvalue weighted by Crippen LogP contribution is 2.28. The summed E-state index contributed by atoms with van der Waals surface area (Å²) in [4.78, 5) is 0. The van der Waals surface area contributed by atoms with E-state index in [0.29, 0.717) is 21.5 Å². The van der Waals surface area contributed by atoms with E-state index in [1.165, 1.54) is 0 Å². The van der Waals surface area contributed by atoms with Crippen LogP contribution in [0.2, 0.25) is 10.0 Å². The van der Waals surface area contributed by atoms with Crippen molar-refractivity contribution >= 4 is 23.2 Å². The molecule has 2 rings (SSSR count). The van der Waals surface area contributed by atoms with Gasteiger partial charge < -0.3 is 9.84 Å². The van der Waals surface area contributed by atoms with Crippen LogP contribution in [0.25, 0.3) is 0 Å². The molecule has 18 heavy (non-hydrogen) atoms. The molecule has 0 aromatic heterocycles. The van der Waals surface area contributed by atoms with E-state index in [1.807, 2.05) is 12.1 Å². The summed E-state index contributed by atoms with van der Waals surface area (Å²) in [5.41, 5.74) is 0.839. The zero-order valence-electron chi connectivity index (χ0n) is 9.73. The molecule has 1 unspecified atom stereocenters. The number of ether oxygens (including phenoxy) is 1. The molecule has 0 saturated heterocycles. The fraction of sp³-hybridized carbons (Fsp3) is 0.143. The lowest BCUT2D eigenvalue weighted by Crippen LogP contribution is -1.90. The van der Waals surface area contributed by atoms with Crippen molar-refractivity contribution in [2.45, 2.75) is 13.0 Å². The molecule has 2 nitrogen and oxygen atoms in total. The predicted octanol–water partition coefficient (Wildman–Crippen LogP) is 4.84. The smallest absolute Gasteiger partial charge is 0.130 e. The number of aliphatic hydroxyl groups is 1. The van der Waals surface area contributed by atoms with Gasteiger partial charge in [0.1, 0.15) is 11.5 Å².